The Morgan fingerprint density at radius 1 is 1.03 bits per heavy atom. The van der Waals surface area contributed by atoms with Gasteiger partial charge in [-0.3, -0.25) is 4.79 Å². The van der Waals surface area contributed by atoms with Gasteiger partial charge in [-0.2, -0.15) is 16.1 Å². The lowest BCUT2D eigenvalue weighted by molar-refractivity contribution is -0.143. The summed E-state index contributed by atoms with van der Waals surface area (Å²) in [6, 6.07) is 23.1. The summed E-state index contributed by atoms with van der Waals surface area (Å²) in [4.78, 5) is 12.4. The van der Waals surface area contributed by atoms with Crippen molar-refractivity contribution in [3.8, 4) is 0 Å². The molecule has 0 aliphatic carbocycles. The van der Waals surface area contributed by atoms with Crippen LogP contribution in [0.1, 0.15) is 29.2 Å². The van der Waals surface area contributed by atoms with Gasteiger partial charge in [0.05, 0.1) is 16.9 Å². The Labute approximate surface area is 209 Å². The number of aryl methyl sites for hydroxylation is 1. The van der Waals surface area contributed by atoms with Crippen LogP contribution in [0, 0.1) is 12.8 Å². The molecule has 0 saturated carbocycles. The van der Waals surface area contributed by atoms with E-state index in [1.165, 1.54) is 4.31 Å². The number of hydrogen-bond donors (Lipinski definition) is 1. The minimum Gasteiger partial charge on any atom is -0.481 e. The van der Waals surface area contributed by atoms with Gasteiger partial charge in [-0.15, -0.1) is 0 Å². The lowest BCUT2D eigenvalue weighted by Gasteiger charge is -2.41. The molecule has 1 saturated heterocycles. The molecule has 0 amide bonds. The van der Waals surface area contributed by atoms with E-state index in [-0.39, 0.29) is 16.7 Å². The summed E-state index contributed by atoms with van der Waals surface area (Å²) >= 11 is 7.54. The van der Waals surface area contributed by atoms with Crippen molar-refractivity contribution < 1.29 is 18.3 Å². The van der Waals surface area contributed by atoms with Gasteiger partial charge >= 0.3 is 5.97 Å². The van der Waals surface area contributed by atoms with E-state index in [1.54, 1.807) is 42.1 Å². The first-order chi connectivity index (χ1) is 16.3. The molecule has 4 rings (SSSR count). The van der Waals surface area contributed by atoms with Crippen molar-refractivity contribution in [1.82, 2.24) is 4.31 Å². The molecular weight excluding hydrogens is 490 g/mol. The number of thioether (sulfide) groups is 1. The van der Waals surface area contributed by atoms with E-state index in [0.29, 0.717) is 17.2 Å². The maximum atomic E-state index is 13.6. The van der Waals surface area contributed by atoms with Gasteiger partial charge in [-0.1, -0.05) is 71.8 Å². The normalized spacial score (nSPS) is 21.3. The third-order valence-corrected chi connectivity index (χ3v) is 9.73. The fourth-order valence-electron chi connectivity index (χ4n) is 4.23. The van der Waals surface area contributed by atoms with Crippen LogP contribution in [0.2, 0.25) is 5.02 Å². The van der Waals surface area contributed by atoms with Crippen LogP contribution in [0.25, 0.3) is 0 Å². The van der Waals surface area contributed by atoms with E-state index in [1.807, 2.05) is 55.5 Å². The summed E-state index contributed by atoms with van der Waals surface area (Å²) in [5.41, 5.74) is 2.99. The molecule has 1 heterocycles. The third kappa shape index (κ3) is 5.49. The second-order valence-electron chi connectivity index (χ2n) is 8.47. The van der Waals surface area contributed by atoms with Crippen molar-refractivity contribution in [3.63, 3.8) is 0 Å². The number of carboxylic acid groups (broad SMARTS) is 1. The van der Waals surface area contributed by atoms with Crippen molar-refractivity contribution in [2.45, 2.75) is 35.3 Å². The molecule has 1 aliphatic heterocycles. The van der Waals surface area contributed by atoms with Gasteiger partial charge in [0, 0.05) is 22.6 Å². The summed E-state index contributed by atoms with van der Waals surface area (Å²) in [7, 11) is -3.89. The number of nitrogens with zero attached hydrogens (tertiary/aromatic N) is 1. The number of carboxylic acids is 1. The van der Waals surface area contributed by atoms with Gasteiger partial charge in [0.25, 0.3) is 0 Å². The summed E-state index contributed by atoms with van der Waals surface area (Å²) in [5.74, 6) is -1.18. The first-order valence-corrected chi connectivity index (χ1v) is 13.8. The largest absolute Gasteiger partial charge is 0.481 e. The first kappa shape index (κ1) is 24.8. The molecule has 0 aromatic heterocycles. The fourth-order valence-corrected chi connectivity index (χ4v) is 7.38. The Hall–Kier alpha value is -2.32. The summed E-state index contributed by atoms with van der Waals surface area (Å²) in [6.07, 6.45) is 0.407. The summed E-state index contributed by atoms with van der Waals surface area (Å²) in [6.45, 7) is 1.90. The number of aliphatic carboxylic acids is 1. The SMILES string of the molecule is Cc1ccc([C@@H]2C[C@@H](SCc3ccc(Cl)cc3)[C@H](C(=O)O)CN2S(=O)(=O)c2ccccc2)cc1. The van der Waals surface area contributed by atoms with E-state index in [4.69, 9.17) is 11.6 Å². The third-order valence-electron chi connectivity index (χ3n) is 6.14. The molecule has 0 radical (unpaired) electrons. The second kappa shape index (κ2) is 10.5. The van der Waals surface area contributed by atoms with Crippen molar-refractivity contribution in [3.05, 3.63) is 101 Å². The highest BCUT2D eigenvalue weighted by Gasteiger charge is 2.45. The van der Waals surface area contributed by atoms with Crippen LogP contribution in [0.15, 0.2) is 83.8 Å². The van der Waals surface area contributed by atoms with Crippen LogP contribution in [0.4, 0.5) is 0 Å². The Morgan fingerprint density at radius 2 is 1.68 bits per heavy atom. The number of carbonyl (C=O) groups is 1. The topological polar surface area (TPSA) is 74.7 Å². The van der Waals surface area contributed by atoms with Crippen molar-refractivity contribution >= 4 is 39.4 Å². The molecule has 0 spiro atoms. The molecule has 3 aromatic carbocycles. The van der Waals surface area contributed by atoms with Crippen molar-refractivity contribution in [1.29, 1.82) is 0 Å². The zero-order valence-corrected chi connectivity index (χ0v) is 21.1. The molecule has 3 aromatic rings. The van der Waals surface area contributed by atoms with Gasteiger partial charge in [-0.05, 0) is 48.7 Å². The highest BCUT2D eigenvalue weighted by atomic mass is 35.5. The first-order valence-electron chi connectivity index (χ1n) is 11.0. The number of halogens is 1. The predicted octanol–water partition coefficient (Wildman–Crippen LogP) is 5.79. The molecule has 1 aliphatic rings. The maximum Gasteiger partial charge on any atom is 0.308 e. The monoisotopic (exact) mass is 515 g/mol. The molecule has 3 atom stereocenters. The van der Waals surface area contributed by atoms with Crippen molar-refractivity contribution in [2.24, 2.45) is 5.92 Å². The van der Waals surface area contributed by atoms with E-state index >= 15 is 0 Å². The lowest BCUT2D eigenvalue weighted by Crippen LogP contribution is -2.49. The Bertz CT molecular complexity index is 1230. The van der Waals surface area contributed by atoms with Gasteiger partial charge in [0.15, 0.2) is 0 Å². The summed E-state index contributed by atoms with van der Waals surface area (Å²) in [5, 5.41) is 10.4. The Morgan fingerprint density at radius 3 is 2.29 bits per heavy atom. The van der Waals surface area contributed by atoms with E-state index in [2.05, 4.69) is 0 Å². The number of rotatable bonds is 7. The number of piperidine rings is 1. The van der Waals surface area contributed by atoms with Crippen LogP contribution < -0.4 is 0 Å². The maximum absolute atomic E-state index is 13.6. The number of hydrogen-bond acceptors (Lipinski definition) is 4. The van der Waals surface area contributed by atoms with Gasteiger partial charge < -0.3 is 5.11 Å². The van der Waals surface area contributed by atoms with E-state index < -0.39 is 28.0 Å². The molecule has 0 unspecified atom stereocenters. The minimum absolute atomic E-state index is 0.0800. The van der Waals surface area contributed by atoms with Crippen LogP contribution in [-0.2, 0) is 20.6 Å². The van der Waals surface area contributed by atoms with Gasteiger partial charge in [-0.25, -0.2) is 8.42 Å². The average Bonchev–Trinajstić information content (AvgIpc) is 2.84. The van der Waals surface area contributed by atoms with E-state index in [9.17, 15) is 18.3 Å². The lowest BCUT2D eigenvalue weighted by atomic mass is 9.90. The molecule has 8 heteroatoms. The standard InChI is InChI=1S/C26H26ClNO4S2/c1-18-7-11-20(12-8-18)24-15-25(33-17-19-9-13-21(27)14-10-19)23(26(29)30)16-28(24)34(31,32)22-5-3-2-4-6-22/h2-14,23-25H,15-17H2,1H3,(H,29,30)/t23-,24+,25-/m1/s1. The summed E-state index contributed by atoms with van der Waals surface area (Å²) < 4.78 is 28.7. The zero-order chi connectivity index (χ0) is 24.3. The zero-order valence-electron chi connectivity index (χ0n) is 18.7. The molecular formula is C26H26ClNO4S2. The fraction of sp³-hybridized carbons (Fsp3) is 0.269. The van der Waals surface area contributed by atoms with Crippen LogP contribution >= 0.6 is 23.4 Å². The molecule has 1 fully saturated rings. The number of benzene rings is 3. The Balaban J connectivity index is 1.68. The Kier molecular flexibility index (Phi) is 7.67. The second-order valence-corrected chi connectivity index (χ2v) is 12.0. The smallest absolute Gasteiger partial charge is 0.308 e. The van der Waals surface area contributed by atoms with Crippen LogP contribution in [-0.4, -0.2) is 35.6 Å². The quantitative estimate of drug-likeness (QED) is 0.431. The van der Waals surface area contributed by atoms with Crippen LogP contribution in [0.3, 0.4) is 0 Å². The molecule has 1 N–H and O–H groups in total. The number of sulfonamides is 1. The van der Waals surface area contributed by atoms with Gasteiger partial charge in [0.1, 0.15) is 0 Å². The average molecular weight is 516 g/mol. The molecule has 5 nitrogen and oxygen atoms in total. The highest BCUT2D eigenvalue weighted by molar-refractivity contribution is 7.99. The van der Waals surface area contributed by atoms with E-state index in [0.717, 1.165) is 16.7 Å². The van der Waals surface area contributed by atoms with Crippen molar-refractivity contribution in [2.75, 3.05) is 6.54 Å². The van der Waals surface area contributed by atoms with Gasteiger partial charge in [0.2, 0.25) is 10.0 Å². The predicted molar refractivity (Wildman–Crippen MR) is 137 cm³/mol. The highest BCUT2D eigenvalue weighted by Crippen LogP contribution is 2.43. The van der Waals surface area contributed by atoms with Crippen LogP contribution in [0.5, 0.6) is 0 Å². The molecule has 34 heavy (non-hydrogen) atoms. The molecule has 0 bridgehead atoms. The minimum atomic E-state index is -3.89. The molecule has 178 valence electrons.